The molecule has 2 aromatic heterocycles. The highest BCUT2D eigenvalue weighted by molar-refractivity contribution is 6.29. The van der Waals surface area contributed by atoms with Crippen LogP contribution in [0.2, 0.25) is 5.15 Å². The van der Waals surface area contributed by atoms with E-state index < -0.39 is 41.3 Å². The van der Waals surface area contributed by atoms with Gasteiger partial charge < -0.3 is 15.5 Å². The van der Waals surface area contributed by atoms with Crippen LogP contribution >= 0.6 is 11.6 Å². The van der Waals surface area contributed by atoms with Crippen LogP contribution in [-0.4, -0.2) is 58.3 Å². The number of aromatic nitrogens is 3. The number of amides is 1. The van der Waals surface area contributed by atoms with E-state index in [0.29, 0.717) is 18.5 Å². The van der Waals surface area contributed by atoms with E-state index in [-0.39, 0.29) is 39.8 Å². The number of anilines is 2. The number of halogens is 6. The Hall–Kier alpha value is -2.99. The van der Waals surface area contributed by atoms with Gasteiger partial charge in [0, 0.05) is 30.4 Å². The summed E-state index contributed by atoms with van der Waals surface area (Å²) in [5, 5.41) is 9.87. The fraction of sp³-hybridized carbons (Fsp3) is 0.500. The van der Waals surface area contributed by atoms with Gasteiger partial charge in [-0.05, 0) is 51.4 Å². The van der Waals surface area contributed by atoms with Gasteiger partial charge >= 0.3 is 6.18 Å². The average molecular weight is 569 g/mol. The second-order valence-corrected chi connectivity index (χ2v) is 11.5. The van der Waals surface area contributed by atoms with Crippen molar-refractivity contribution in [3.05, 3.63) is 52.9 Å². The molecule has 0 bridgehead atoms. The number of alkyl halides is 5. The van der Waals surface area contributed by atoms with Gasteiger partial charge in [-0.15, -0.1) is 0 Å². The molecule has 2 N–H and O–H groups in total. The normalized spacial score (nSPS) is 31.2. The SMILES string of the molecule is CNC1CC(NC(=O)[C@]2(C)[C@@H](c3ccc(N4C[C@@](C)(C(F)(F)F)c5c4cnc4cc(Cl)nn54)cc3)C2(F)F)C1. The van der Waals surface area contributed by atoms with Gasteiger partial charge in [-0.3, -0.25) is 4.79 Å². The van der Waals surface area contributed by atoms with Gasteiger partial charge in [0.2, 0.25) is 5.91 Å². The molecule has 1 amide bonds. The third-order valence-corrected chi connectivity index (χ3v) is 8.97. The van der Waals surface area contributed by atoms with E-state index in [9.17, 15) is 18.0 Å². The molecule has 0 saturated heterocycles. The molecule has 1 aromatic carbocycles. The van der Waals surface area contributed by atoms with Gasteiger partial charge in [0.05, 0.1) is 23.5 Å². The Morgan fingerprint density at radius 2 is 1.79 bits per heavy atom. The van der Waals surface area contributed by atoms with Crippen LogP contribution in [0, 0.1) is 5.41 Å². The summed E-state index contributed by atoms with van der Waals surface area (Å²) < 4.78 is 74.4. The highest BCUT2D eigenvalue weighted by Crippen LogP contribution is 2.71. The molecule has 2 aliphatic carbocycles. The lowest BCUT2D eigenvalue weighted by Gasteiger charge is -2.36. The standard InChI is InChI=1S/C26H26ClF5N6O/c1-23(26(30,31)32)12-37(17-11-34-19-10-18(27)36-38(19)21(17)23)16-6-4-13(5-7-16)20-24(2,25(20,28)29)22(39)35-15-8-14(9-15)33-3/h4-7,10-11,14-15,20,33H,8-9,12H2,1-3H3,(H,35,39)/t14?,15?,20-,23-,24+/m1/s1. The molecule has 39 heavy (non-hydrogen) atoms. The largest absolute Gasteiger partial charge is 0.401 e. The molecule has 3 aliphatic rings. The number of hydrogen-bond donors (Lipinski definition) is 2. The minimum absolute atomic E-state index is 0.0137. The number of hydrogen-bond acceptors (Lipinski definition) is 5. The average Bonchev–Trinajstić information content (AvgIpc) is 3.12. The molecular formula is C26H26ClF5N6O. The van der Waals surface area contributed by atoms with Gasteiger partial charge in [-0.2, -0.15) is 18.3 Å². The number of fused-ring (bicyclic) bond motifs is 3. The summed E-state index contributed by atoms with van der Waals surface area (Å²) in [5.74, 6) is -5.28. The van der Waals surface area contributed by atoms with Crippen molar-refractivity contribution in [1.29, 1.82) is 0 Å². The van der Waals surface area contributed by atoms with Crippen LogP contribution in [0.4, 0.5) is 33.3 Å². The van der Waals surface area contributed by atoms with Crippen LogP contribution in [0.3, 0.4) is 0 Å². The third-order valence-electron chi connectivity index (χ3n) is 8.79. The van der Waals surface area contributed by atoms with Crippen LogP contribution in [-0.2, 0) is 10.2 Å². The van der Waals surface area contributed by atoms with E-state index in [2.05, 4.69) is 20.7 Å². The lowest BCUT2D eigenvalue weighted by Crippen LogP contribution is -2.53. The predicted molar refractivity (Wildman–Crippen MR) is 135 cm³/mol. The van der Waals surface area contributed by atoms with Crippen LogP contribution in [0.5, 0.6) is 0 Å². The van der Waals surface area contributed by atoms with Gasteiger partial charge in [-0.25, -0.2) is 18.3 Å². The number of benzene rings is 1. The first-order valence-electron chi connectivity index (χ1n) is 12.6. The van der Waals surface area contributed by atoms with E-state index >= 15 is 8.78 Å². The van der Waals surface area contributed by atoms with E-state index in [1.54, 1.807) is 0 Å². The van der Waals surface area contributed by atoms with Crippen LogP contribution in [0.25, 0.3) is 5.65 Å². The lowest BCUT2D eigenvalue weighted by atomic mass is 9.86. The zero-order valence-electron chi connectivity index (χ0n) is 21.3. The summed E-state index contributed by atoms with van der Waals surface area (Å²) >= 11 is 5.96. The third kappa shape index (κ3) is 3.60. The monoisotopic (exact) mass is 568 g/mol. The number of nitrogens with one attached hydrogen (secondary N) is 2. The first-order valence-corrected chi connectivity index (χ1v) is 12.9. The van der Waals surface area contributed by atoms with E-state index in [4.69, 9.17) is 11.6 Å². The Balaban J connectivity index is 1.29. The van der Waals surface area contributed by atoms with Crippen molar-refractivity contribution in [3.63, 3.8) is 0 Å². The minimum Gasteiger partial charge on any atom is -0.353 e. The minimum atomic E-state index is -4.62. The molecule has 3 heterocycles. The van der Waals surface area contributed by atoms with Gasteiger partial charge in [-0.1, -0.05) is 23.7 Å². The highest BCUT2D eigenvalue weighted by atomic mass is 35.5. The van der Waals surface area contributed by atoms with Crippen molar-refractivity contribution in [2.75, 3.05) is 18.5 Å². The summed E-state index contributed by atoms with van der Waals surface area (Å²) in [7, 11) is 1.81. The van der Waals surface area contributed by atoms with Crippen LogP contribution < -0.4 is 15.5 Å². The fourth-order valence-electron chi connectivity index (χ4n) is 6.05. The summed E-state index contributed by atoms with van der Waals surface area (Å²) in [4.78, 5) is 18.5. The Kier molecular flexibility index (Phi) is 5.56. The maximum Gasteiger partial charge on any atom is 0.401 e. The molecular weight excluding hydrogens is 543 g/mol. The van der Waals surface area contributed by atoms with Gasteiger partial charge in [0.1, 0.15) is 10.8 Å². The predicted octanol–water partition coefficient (Wildman–Crippen LogP) is 4.96. The number of rotatable bonds is 5. The topological polar surface area (TPSA) is 74.6 Å². The molecule has 7 nitrogen and oxygen atoms in total. The molecule has 3 aromatic rings. The van der Waals surface area contributed by atoms with E-state index in [0.717, 1.165) is 11.4 Å². The molecule has 3 atom stereocenters. The van der Waals surface area contributed by atoms with Crippen molar-refractivity contribution < 1.29 is 26.7 Å². The molecule has 1 aliphatic heterocycles. The number of nitrogens with zero attached hydrogens (tertiary/aromatic N) is 4. The summed E-state index contributed by atoms with van der Waals surface area (Å²) in [6.07, 6.45) is -1.92. The Labute approximate surface area is 225 Å². The molecule has 2 saturated carbocycles. The Morgan fingerprint density at radius 3 is 2.41 bits per heavy atom. The van der Waals surface area contributed by atoms with Crippen LogP contribution in [0.1, 0.15) is 43.9 Å². The summed E-state index contributed by atoms with van der Waals surface area (Å²) in [5.41, 5.74) is -3.32. The molecule has 6 rings (SSSR count). The zero-order valence-corrected chi connectivity index (χ0v) is 22.0. The number of carbonyl (C=O) groups is 1. The number of carbonyl (C=O) groups excluding carboxylic acids is 1. The van der Waals surface area contributed by atoms with E-state index in [1.165, 1.54) is 48.4 Å². The molecule has 208 valence electrons. The molecule has 13 heteroatoms. The van der Waals surface area contributed by atoms with E-state index in [1.807, 2.05) is 7.05 Å². The van der Waals surface area contributed by atoms with Gasteiger partial charge in [0.15, 0.2) is 10.8 Å². The highest BCUT2D eigenvalue weighted by Gasteiger charge is 2.82. The second-order valence-electron chi connectivity index (χ2n) is 11.1. The maximum absolute atomic E-state index is 15.0. The summed E-state index contributed by atoms with van der Waals surface area (Å²) in [6, 6.07) is 7.39. The fourth-order valence-corrected chi connectivity index (χ4v) is 6.22. The first kappa shape index (κ1) is 26.2. The first-order chi connectivity index (χ1) is 18.2. The Bertz CT molecular complexity index is 1470. The quantitative estimate of drug-likeness (QED) is 0.426. The van der Waals surface area contributed by atoms with Crippen molar-refractivity contribution >= 4 is 34.5 Å². The molecule has 2 fully saturated rings. The van der Waals surface area contributed by atoms with Crippen molar-refractivity contribution in [1.82, 2.24) is 25.2 Å². The van der Waals surface area contributed by atoms with Crippen molar-refractivity contribution in [2.45, 2.75) is 62.2 Å². The van der Waals surface area contributed by atoms with Crippen molar-refractivity contribution in [2.24, 2.45) is 5.41 Å². The molecule has 0 radical (unpaired) electrons. The van der Waals surface area contributed by atoms with Crippen molar-refractivity contribution in [3.8, 4) is 0 Å². The van der Waals surface area contributed by atoms with Crippen LogP contribution in [0.15, 0.2) is 36.5 Å². The smallest absolute Gasteiger partial charge is 0.353 e. The maximum atomic E-state index is 15.0. The molecule has 0 unspecified atom stereocenters. The molecule has 0 spiro atoms. The summed E-state index contributed by atoms with van der Waals surface area (Å²) in [6.45, 7) is 1.88. The van der Waals surface area contributed by atoms with Gasteiger partial charge in [0.25, 0.3) is 5.92 Å². The zero-order chi connectivity index (χ0) is 28.1. The lowest BCUT2D eigenvalue weighted by molar-refractivity contribution is -0.181. The second kappa shape index (κ2) is 8.26. The Morgan fingerprint density at radius 1 is 1.13 bits per heavy atom.